The van der Waals surface area contributed by atoms with Crippen LogP contribution in [0.5, 0.6) is 5.75 Å². The van der Waals surface area contributed by atoms with Crippen LogP contribution in [0.25, 0.3) is 0 Å². The average molecular weight is 432 g/mol. The standard InChI is InChI=1S/C21H24N2O6S/c1-17-7-5-6-10-19(17)28-16-21(25)29-15-20(24)22-11-13-23(14-12-22)30(26,27)18-8-3-2-4-9-18/h2-10H,11-16H2,1H3. The Hall–Kier alpha value is -2.91. The molecular formula is C21H24N2O6S. The monoisotopic (exact) mass is 432 g/mol. The summed E-state index contributed by atoms with van der Waals surface area (Å²) in [6.45, 7) is 2.02. The van der Waals surface area contributed by atoms with Gasteiger partial charge in [0.1, 0.15) is 5.75 Å². The van der Waals surface area contributed by atoms with E-state index in [0.717, 1.165) is 5.56 Å². The summed E-state index contributed by atoms with van der Waals surface area (Å²) >= 11 is 0. The predicted octanol–water partition coefficient (Wildman–Crippen LogP) is 1.45. The van der Waals surface area contributed by atoms with E-state index in [0.29, 0.717) is 5.75 Å². The van der Waals surface area contributed by atoms with Crippen LogP contribution in [0, 0.1) is 6.92 Å². The molecule has 8 nitrogen and oxygen atoms in total. The van der Waals surface area contributed by atoms with Crippen LogP contribution in [0.3, 0.4) is 0 Å². The zero-order chi connectivity index (χ0) is 21.6. The van der Waals surface area contributed by atoms with Gasteiger partial charge in [0.2, 0.25) is 10.0 Å². The minimum Gasteiger partial charge on any atom is -0.482 e. The Labute approximate surface area is 176 Å². The summed E-state index contributed by atoms with van der Waals surface area (Å²) in [5.74, 6) is -0.426. The summed E-state index contributed by atoms with van der Waals surface area (Å²) in [6, 6.07) is 15.5. The molecule has 1 aliphatic heterocycles. The van der Waals surface area contributed by atoms with Crippen molar-refractivity contribution >= 4 is 21.9 Å². The van der Waals surface area contributed by atoms with Crippen LogP contribution >= 0.6 is 0 Å². The molecule has 1 saturated heterocycles. The quantitative estimate of drug-likeness (QED) is 0.615. The van der Waals surface area contributed by atoms with Crippen LogP contribution in [0.4, 0.5) is 0 Å². The number of nitrogens with zero attached hydrogens (tertiary/aromatic N) is 2. The Balaban J connectivity index is 1.43. The van der Waals surface area contributed by atoms with Gasteiger partial charge in [0.25, 0.3) is 5.91 Å². The van der Waals surface area contributed by atoms with E-state index >= 15 is 0 Å². The first-order valence-electron chi connectivity index (χ1n) is 9.55. The Morgan fingerprint density at radius 2 is 1.53 bits per heavy atom. The zero-order valence-corrected chi connectivity index (χ0v) is 17.5. The molecule has 0 saturated carbocycles. The van der Waals surface area contributed by atoms with Crippen LogP contribution in [0.1, 0.15) is 5.56 Å². The smallest absolute Gasteiger partial charge is 0.344 e. The third-order valence-electron chi connectivity index (χ3n) is 4.77. The van der Waals surface area contributed by atoms with Crippen LogP contribution < -0.4 is 4.74 Å². The lowest BCUT2D eigenvalue weighted by Gasteiger charge is -2.33. The molecule has 2 aromatic rings. The number of ether oxygens (including phenoxy) is 2. The molecule has 3 rings (SSSR count). The first-order valence-corrected chi connectivity index (χ1v) is 11.0. The van der Waals surface area contributed by atoms with Gasteiger partial charge in [0.15, 0.2) is 13.2 Å². The molecule has 9 heteroatoms. The van der Waals surface area contributed by atoms with E-state index in [2.05, 4.69) is 0 Å². The Bertz CT molecular complexity index is 986. The number of amides is 1. The van der Waals surface area contributed by atoms with Crippen LogP contribution in [0.15, 0.2) is 59.5 Å². The molecule has 0 unspecified atom stereocenters. The number of para-hydroxylation sites is 1. The summed E-state index contributed by atoms with van der Waals surface area (Å²) in [4.78, 5) is 25.9. The van der Waals surface area contributed by atoms with Gasteiger partial charge >= 0.3 is 5.97 Å². The van der Waals surface area contributed by atoms with Gasteiger partial charge in [0, 0.05) is 26.2 Å². The van der Waals surface area contributed by atoms with Crippen molar-refractivity contribution in [1.29, 1.82) is 0 Å². The maximum Gasteiger partial charge on any atom is 0.344 e. The molecule has 160 valence electrons. The van der Waals surface area contributed by atoms with Crippen molar-refractivity contribution in [2.75, 3.05) is 39.4 Å². The van der Waals surface area contributed by atoms with Gasteiger partial charge in [-0.15, -0.1) is 0 Å². The van der Waals surface area contributed by atoms with Gasteiger partial charge in [-0.2, -0.15) is 4.31 Å². The second-order valence-electron chi connectivity index (χ2n) is 6.81. The molecule has 1 heterocycles. The number of carbonyl (C=O) groups excluding carboxylic acids is 2. The highest BCUT2D eigenvalue weighted by molar-refractivity contribution is 7.89. The van der Waals surface area contributed by atoms with Gasteiger partial charge in [0.05, 0.1) is 4.90 Å². The number of carbonyl (C=O) groups is 2. The third-order valence-corrected chi connectivity index (χ3v) is 6.68. The van der Waals surface area contributed by atoms with Gasteiger partial charge in [-0.3, -0.25) is 4.79 Å². The predicted molar refractivity (Wildman–Crippen MR) is 109 cm³/mol. The van der Waals surface area contributed by atoms with Crippen molar-refractivity contribution < 1.29 is 27.5 Å². The van der Waals surface area contributed by atoms with Crippen LogP contribution in [-0.4, -0.2) is 68.9 Å². The molecule has 30 heavy (non-hydrogen) atoms. The molecule has 0 bridgehead atoms. The summed E-state index contributed by atoms with van der Waals surface area (Å²) < 4.78 is 37.0. The SMILES string of the molecule is Cc1ccccc1OCC(=O)OCC(=O)N1CCN(S(=O)(=O)c2ccccc2)CC1. The van der Waals surface area contributed by atoms with E-state index in [4.69, 9.17) is 9.47 Å². The fourth-order valence-corrected chi connectivity index (χ4v) is 4.49. The summed E-state index contributed by atoms with van der Waals surface area (Å²) in [5, 5.41) is 0. The van der Waals surface area contributed by atoms with Gasteiger partial charge in [-0.05, 0) is 30.7 Å². The average Bonchev–Trinajstić information content (AvgIpc) is 2.77. The van der Waals surface area contributed by atoms with Crippen molar-refractivity contribution in [3.63, 3.8) is 0 Å². The first-order chi connectivity index (χ1) is 14.4. The number of rotatable bonds is 7. The molecule has 0 aromatic heterocycles. The van der Waals surface area contributed by atoms with Crippen molar-refractivity contribution in [3.05, 3.63) is 60.2 Å². The highest BCUT2D eigenvalue weighted by Gasteiger charge is 2.30. The van der Waals surface area contributed by atoms with Gasteiger partial charge < -0.3 is 14.4 Å². The zero-order valence-electron chi connectivity index (χ0n) is 16.7. The molecule has 1 aliphatic rings. The van der Waals surface area contributed by atoms with Crippen LogP contribution in [0.2, 0.25) is 0 Å². The highest BCUT2D eigenvalue weighted by atomic mass is 32.2. The lowest BCUT2D eigenvalue weighted by Crippen LogP contribution is -2.51. The lowest BCUT2D eigenvalue weighted by atomic mass is 10.2. The van der Waals surface area contributed by atoms with Crippen molar-refractivity contribution in [3.8, 4) is 5.75 Å². The molecule has 0 spiro atoms. The van der Waals surface area contributed by atoms with E-state index in [1.54, 1.807) is 42.5 Å². The van der Waals surface area contributed by atoms with Crippen LogP contribution in [-0.2, 0) is 24.3 Å². The van der Waals surface area contributed by atoms with Crippen molar-refractivity contribution in [2.24, 2.45) is 0 Å². The highest BCUT2D eigenvalue weighted by Crippen LogP contribution is 2.18. The Kier molecular flexibility index (Phi) is 7.07. The molecular weight excluding hydrogens is 408 g/mol. The maximum absolute atomic E-state index is 12.6. The summed E-state index contributed by atoms with van der Waals surface area (Å²) in [6.07, 6.45) is 0. The normalized spacial score (nSPS) is 14.9. The number of piperazine rings is 1. The first kappa shape index (κ1) is 21.8. The van der Waals surface area contributed by atoms with Gasteiger partial charge in [-0.25, -0.2) is 13.2 Å². The topological polar surface area (TPSA) is 93.2 Å². The van der Waals surface area contributed by atoms with Gasteiger partial charge in [-0.1, -0.05) is 36.4 Å². The van der Waals surface area contributed by atoms with E-state index in [-0.39, 0.29) is 43.6 Å². The fraction of sp³-hybridized carbons (Fsp3) is 0.333. The number of aryl methyl sites for hydroxylation is 1. The lowest BCUT2D eigenvalue weighted by molar-refractivity contribution is -0.154. The number of esters is 1. The Morgan fingerprint density at radius 3 is 2.20 bits per heavy atom. The minimum atomic E-state index is -3.58. The number of benzene rings is 2. The fourth-order valence-electron chi connectivity index (χ4n) is 3.05. The second kappa shape index (κ2) is 9.73. The molecule has 1 amide bonds. The van der Waals surface area contributed by atoms with E-state index in [9.17, 15) is 18.0 Å². The largest absolute Gasteiger partial charge is 0.482 e. The van der Waals surface area contributed by atoms with E-state index in [1.807, 2.05) is 19.1 Å². The maximum atomic E-state index is 12.6. The minimum absolute atomic E-state index is 0.188. The summed E-state index contributed by atoms with van der Waals surface area (Å²) in [5.41, 5.74) is 0.893. The number of sulfonamides is 1. The van der Waals surface area contributed by atoms with E-state index < -0.39 is 22.6 Å². The molecule has 2 aromatic carbocycles. The van der Waals surface area contributed by atoms with Crippen molar-refractivity contribution in [1.82, 2.24) is 9.21 Å². The molecule has 0 radical (unpaired) electrons. The molecule has 1 fully saturated rings. The number of hydrogen-bond donors (Lipinski definition) is 0. The number of hydrogen-bond acceptors (Lipinski definition) is 6. The summed E-state index contributed by atoms with van der Waals surface area (Å²) in [7, 11) is -3.58. The van der Waals surface area contributed by atoms with E-state index in [1.165, 1.54) is 9.21 Å². The molecule has 0 atom stereocenters. The second-order valence-corrected chi connectivity index (χ2v) is 8.75. The third kappa shape index (κ3) is 5.37. The Morgan fingerprint density at radius 1 is 0.900 bits per heavy atom. The molecule has 0 aliphatic carbocycles. The molecule has 0 N–H and O–H groups in total. The van der Waals surface area contributed by atoms with Crippen molar-refractivity contribution in [2.45, 2.75) is 11.8 Å².